The van der Waals surface area contributed by atoms with Crippen molar-refractivity contribution in [1.29, 1.82) is 0 Å². The molecule has 1 atom stereocenters. The van der Waals surface area contributed by atoms with E-state index in [1.165, 1.54) is 19.2 Å². The molecule has 0 bridgehead atoms. The number of rotatable bonds is 6. The number of hydrogen-bond acceptors (Lipinski definition) is 3. The summed E-state index contributed by atoms with van der Waals surface area (Å²) in [6, 6.07) is 5.64. The SMILES string of the molecule is CCCCC(Nc1cccc(F)c1)C(=O)OC. The van der Waals surface area contributed by atoms with Gasteiger partial charge in [0.05, 0.1) is 7.11 Å². The summed E-state index contributed by atoms with van der Waals surface area (Å²) in [5.41, 5.74) is 0.594. The van der Waals surface area contributed by atoms with Gasteiger partial charge in [-0.05, 0) is 24.6 Å². The smallest absolute Gasteiger partial charge is 0.328 e. The molecule has 0 radical (unpaired) electrons. The minimum Gasteiger partial charge on any atom is -0.467 e. The van der Waals surface area contributed by atoms with Gasteiger partial charge in [0.2, 0.25) is 0 Å². The topological polar surface area (TPSA) is 38.3 Å². The summed E-state index contributed by atoms with van der Waals surface area (Å²) in [7, 11) is 1.36. The van der Waals surface area contributed by atoms with Gasteiger partial charge in [-0.1, -0.05) is 25.8 Å². The molecule has 94 valence electrons. The number of benzene rings is 1. The number of nitrogens with one attached hydrogen (secondary N) is 1. The number of methoxy groups -OCH3 is 1. The summed E-state index contributed by atoms with van der Waals surface area (Å²) in [5.74, 6) is -0.642. The lowest BCUT2D eigenvalue weighted by atomic mass is 10.1. The second kappa shape index (κ2) is 6.89. The van der Waals surface area contributed by atoms with Crippen molar-refractivity contribution < 1.29 is 13.9 Å². The van der Waals surface area contributed by atoms with Crippen LogP contribution in [0.15, 0.2) is 24.3 Å². The van der Waals surface area contributed by atoms with Crippen molar-refractivity contribution >= 4 is 11.7 Å². The molecule has 0 aliphatic carbocycles. The normalized spacial score (nSPS) is 11.9. The van der Waals surface area contributed by atoms with E-state index in [2.05, 4.69) is 12.2 Å². The van der Waals surface area contributed by atoms with Crippen molar-refractivity contribution in [3.8, 4) is 0 Å². The largest absolute Gasteiger partial charge is 0.467 e. The van der Waals surface area contributed by atoms with Gasteiger partial charge in [0.25, 0.3) is 0 Å². The van der Waals surface area contributed by atoms with E-state index in [4.69, 9.17) is 4.74 Å². The maximum absolute atomic E-state index is 13.0. The Morgan fingerprint density at radius 3 is 2.88 bits per heavy atom. The molecule has 0 aromatic heterocycles. The van der Waals surface area contributed by atoms with Gasteiger partial charge in [0.15, 0.2) is 0 Å². The Labute approximate surface area is 101 Å². The van der Waals surface area contributed by atoms with Gasteiger partial charge >= 0.3 is 5.97 Å². The van der Waals surface area contributed by atoms with E-state index in [9.17, 15) is 9.18 Å². The first kappa shape index (κ1) is 13.5. The van der Waals surface area contributed by atoms with Crippen molar-refractivity contribution in [3.05, 3.63) is 30.1 Å². The van der Waals surface area contributed by atoms with Crippen LogP contribution in [-0.2, 0) is 9.53 Å². The molecule has 17 heavy (non-hydrogen) atoms. The maximum atomic E-state index is 13.0. The van der Waals surface area contributed by atoms with Crippen LogP contribution in [0, 0.1) is 5.82 Å². The predicted octanol–water partition coefficient (Wildman–Crippen LogP) is 2.97. The van der Waals surface area contributed by atoms with Crippen LogP contribution in [0.2, 0.25) is 0 Å². The van der Waals surface area contributed by atoms with Crippen molar-refractivity contribution in [2.75, 3.05) is 12.4 Å². The van der Waals surface area contributed by atoms with E-state index in [0.29, 0.717) is 12.1 Å². The zero-order valence-electron chi connectivity index (χ0n) is 10.2. The quantitative estimate of drug-likeness (QED) is 0.775. The van der Waals surface area contributed by atoms with E-state index in [1.807, 2.05) is 0 Å². The Bertz CT molecular complexity index is 368. The Kier molecular flexibility index (Phi) is 5.46. The van der Waals surface area contributed by atoms with Crippen LogP contribution in [-0.4, -0.2) is 19.1 Å². The molecular formula is C13H18FNO2. The highest BCUT2D eigenvalue weighted by molar-refractivity contribution is 5.79. The van der Waals surface area contributed by atoms with Crippen molar-refractivity contribution in [2.24, 2.45) is 0 Å². The van der Waals surface area contributed by atoms with Crippen molar-refractivity contribution in [2.45, 2.75) is 32.2 Å². The number of halogens is 1. The molecule has 4 heteroatoms. The Morgan fingerprint density at radius 1 is 1.53 bits per heavy atom. The van der Waals surface area contributed by atoms with Gasteiger partial charge in [-0.15, -0.1) is 0 Å². The highest BCUT2D eigenvalue weighted by Crippen LogP contribution is 2.14. The molecule has 1 aromatic carbocycles. The summed E-state index contributed by atoms with van der Waals surface area (Å²) in [4.78, 5) is 11.5. The fraction of sp³-hybridized carbons (Fsp3) is 0.462. The third-order valence-corrected chi connectivity index (χ3v) is 2.50. The highest BCUT2D eigenvalue weighted by atomic mass is 19.1. The number of ether oxygens (including phenoxy) is 1. The molecular weight excluding hydrogens is 221 g/mol. The molecule has 0 spiro atoms. The summed E-state index contributed by atoms with van der Waals surface area (Å²) >= 11 is 0. The maximum Gasteiger partial charge on any atom is 0.328 e. The standard InChI is InChI=1S/C13H18FNO2/c1-3-4-8-12(13(16)17-2)15-11-7-5-6-10(14)9-11/h5-7,9,12,15H,3-4,8H2,1-2H3. The summed E-state index contributed by atoms with van der Waals surface area (Å²) in [5, 5.41) is 2.99. The van der Waals surface area contributed by atoms with E-state index in [-0.39, 0.29) is 11.8 Å². The highest BCUT2D eigenvalue weighted by Gasteiger charge is 2.18. The van der Waals surface area contributed by atoms with Gasteiger partial charge in [-0.3, -0.25) is 0 Å². The molecule has 0 saturated heterocycles. The number of anilines is 1. The van der Waals surface area contributed by atoms with Crippen molar-refractivity contribution in [1.82, 2.24) is 0 Å². The number of hydrogen-bond donors (Lipinski definition) is 1. The fourth-order valence-electron chi connectivity index (χ4n) is 1.58. The van der Waals surface area contributed by atoms with Gasteiger partial charge in [-0.2, -0.15) is 0 Å². The third-order valence-electron chi connectivity index (χ3n) is 2.50. The number of carbonyl (C=O) groups excluding carboxylic acids is 1. The zero-order chi connectivity index (χ0) is 12.7. The Balaban J connectivity index is 2.68. The number of esters is 1. The second-order valence-corrected chi connectivity index (χ2v) is 3.87. The predicted molar refractivity (Wildman–Crippen MR) is 65.4 cm³/mol. The summed E-state index contributed by atoms with van der Waals surface area (Å²) in [6.45, 7) is 2.05. The first-order valence-electron chi connectivity index (χ1n) is 5.77. The van der Waals surface area contributed by atoms with Crippen LogP contribution < -0.4 is 5.32 Å². The first-order valence-corrected chi connectivity index (χ1v) is 5.77. The van der Waals surface area contributed by atoms with E-state index >= 15 is 0 Å². The Morgan fingerprint density at radius 2 is 2.29 bits per heavy atom. The van der Waals surface area contributed by atoms with Crippen LogP contribution in [0.5, 0.6) is 0 Å². The molecule has 1 N–H and O–H groups in total. The van der Waals surface area contributed by atoms with E-state index in [1.54, 1.807) is 12.1 Å². The third kappa shape index (κ3) is 4.43. The average Bonchev–Trinajstić information content (AvgIpc) is 2.33. The van der Waals surface area contributed by atoms with Crippen LogP contribution in [0.1, 0.15) is 26.2 Å². The Hall–Kier alpha value is -1.58. The molecule has 0 heterocycles. The second-order valence-electron chi connectivity index (χ2n) is 3.87. The van der Waals surface area contributed by atoms with Crippen LogP contribution in [0.25, 0.3) is 0 Å². The summed E-state index contributed by atoms with van der Waals surface area (Å²) < 4.78 is 17.7. The molecule has 0 aliphatic heterocycles. The van der Waals surface area contributed by atoms with Gasteiger partial charge in [0, 0.05) is 5.69 Å². The van der Waals surface area contributed by atoms with Crippen molar-refractivity contribution in [3.63, 3.8) is 0 Å². The number of carbonyl (C=O) groups is 1. The average molecular weight is 239 g/mol. The fourth-order valence-corrected chi connectivity index (χ4v) is 1.58. The van der Waals surface area contributed by atoms with Crippen LogP contribution >= 0.6 is 0 Å². The lowest BCUT2D eigenvalue weighted by molar-refractivity contribution is -0.141. The molecule has 1 aromatic rings. The number of unbranched alkanes of at least 4 members (excludes halogenated alkanes) is 1. The molecule has 0 saturated carbocycles. The molecule has 0 fully saturated rings. The molecule has 0 amide bonds. The lowest BCUT2D eigenvalue weighted by Gasteiger charge is -2.17. The molecule has 0 aliphatic rings. The molecule has 1 rings (SSSR count). The minimum atomic E-state index is -0.415. The minimum absolute atomic E-state index is 0.317. The first-order chi connectivity index (χ1) is 8.17. The monoisotopic (exact) mass is 239 g/mol. The van der Waals surface area contributed by atoms with Gasteiger partial charge in [0.1, 0.15) is 11.9 Å². The van der Waals surface area contributed by atoms with Crippen LogP contribution in [0.4, 0.5) is 10.1 Å². The van der Waals surface area contributed by atoms with Gasteiger partial charge in [-0.25, -0.2) is 9.18 Å². The van der Waals surface area contributed by atoms with Gasteiger partial charge < -0.3 is 10.1 Å². The van der Waals surface area contributed by atoms with E-state index in [0.717, 1.165) is 12.8 Å². The molecule has 3 nitrogen and oxygen atoms in total. The van der Waals surface area contributed by atoms with E-state index < -0.39 is 6.04 Å². The summed E-state index contributed by atoms with van der Waals surface area (Å²) in [6.07, 6.45) is 2.60. The molecule has 1 unspecified atom stereocenters. The van der Waals surface area contributed by atoms with Crippen LogP contribution in [0.3, 0.4) is 0 Å². The lowest BCUT2D eigenvalue weighted by Crippen LogP contribution is -2.30. The zero-order valence-corrected chi connectivity index (χ0v) is 10.2.